The maximum absolute atomic E-state index is 12.3. The average molecular weight is 1370 g/mol. The van der Waals surface area contributed by atoms with Crippen molar-refractivity contribution in [1.29, 1.82) is 0 Å². The maximum atomic E-state index is 12.3. The Morgan fingerprint density at radius 2 is 0.905 bits per heavy atom. The number of rotatable bonds is 20. The van der Waals surface area contributed by atoms with Gasteiger partial charge in [0.25, 0.3) is 0 Å². The van der Waals surface area contributed by atoms with Gasteiger partial charge in [0.15, 0.2) is 0 Å². The molecule has 3 aliphatic rings. The van der Waals surface area contributed by atoms with Gasteiger partial charge in [0.1, 0.15) is 29.8 Å². The van der Waals surface area contributed by atoms with Crippen molar-refractivity contribution in [2.75, 3.05) is 13.2 Å². The number of halogens is 1. The Labute approximate surface area is 586 Å². The predicted molar refractivity (Wildman–Crippen MR) is 399 cm³/mol. The van der Waals surface area contributed by atoms with Crippen molar-refractivity contribution in [1.82, 2.24) is 19.1 Å². The molecular weight excluding hydrogens is 1260 g/mol. The minimum absolute atomic E-state index is 0.173. The molecule has 5 aromatic carbocycles. The van der Waals surface area contributed by atoms with Gasteiger partial charge in [0.2, 0.25) is 0 Å². The molecule has 513 valence electrons. The summed E-state index contributed by atoms with van der Waals surface area (Å²) >= 11 is 6.79. The zero-order chi connectivity index (χ0) is 69.9. The van der Waals surface area contributed by atoms with E-state index in [0.717, 1.165) is 33.9 Å². The summed E-state index contributed by atoms with van der Waals surface area (Å²) in [6.45, 7) is 35.5. The zero-order valence-electron chi connectivity index (χ0n) is 60.6. The molecule has 2 aromatic heterocycles. The van der Waals surface area contributed by atoms with Crippen LogP contribution >= 0.6 is 28.7 Å². The molecular formula is C81H112BBrN5O6S. The third-order valence-corrected chi connectivity index (χ3v) is 22.5. The molecule has 0 saturated carbocycles. The molecule has 0 fully saturated rings. The number of hydrogen-bond donors (Lipinski definition) is 2. The van der Waals surface area contributed by atoms with Gasteiger partial charge in [-0.05, 0) is 210 Å². The van der Waals surface area contributed by atoms with Crippen molar-refractivity contribution in [3.63, 3.8) is 0 Å². The quantitative estimate of drug-likeness (QED) is 0.0334. The number of aromatic hydroxyl groups is 1. The van der Waals surface area contributed by atoms with Gasteiger partial charge < -0.3 is 28.5 Å². The first-order valence-electron chi connectivity index (χ1n) is 35.0. The summed E-state index contributed by atoms with van der Waals surface area (Å²) in [5.74, 6) is 1.81. The van der Waals surface area contributed by atoms with Crippen LogP contribution in [0.1, 0.15) is 272 Å². The van der Waals surface area contributed by atoms with E-state index in [2.05, 4.69) is 195 Å². The molecule has 14 heteroatoms. The molecule has 0 saturated heterocycles. The monoisotopic (exact) mass is 1370 g/mol. The van der Waals surface area contributed by atoms with E-state index in [1.54, 1.807) is 65.8 Å². The molecule has 10 rings (SSSR count). The van der Waals surface area contributed by atoms with Crippen LogP contribution in [0.5, 0.6) is 11.5 Å². The molecule has 0 spiro atoms. The van der Waals surface area contributed by atoms with Crippen LogP contribution < -0.4 is 4.74 Å². The number of thiol groups is 1. The molecule has 2 heterocycles. The number of benzene rings is 5. The molecule has 0 unspecified atom stereocenters. The van der Waals surface area contributed by atoms with Crippen LogP contribution in [0.4, 0.5) is 0 Å². The van der Waals surface area contributed by atoms with Crippen LogP contribution in [0.25, 0.3) is 0 Å². The van der Waals surface area contributed by atoms with Crippen LogP contribution in [0.3, 0.4) is 0 Å². The third kappa shape index (κ3) is 18.9. The molecule has 2 atom stereocenters. The Kier molecular flexibility index (Phi) is 28.5. The second-order valence-electron chi connectivity index (χ2n) is 28.5. The molecule has 7 aromatic rings. The number of nitrogens with zero attached hydrogens (tertiary/aromatic N) is 5. The Morgan fingerprint density at radius 3 is 1.26 bits per heavy atom. The van der Waals surface area contributed by atoms with Crippen LogP contribution in [0.15, 0.2) is 132 Å². The standard InChI is InChI=1S/C32H42N2O3.C17H25Br.C17H26.C15H18N2O3.BHNS/c1-7-32(8-2)17-16-31(4,5)27-15-10-23(20-28(27)32)22-37-25-13-11-24(12-14-25)26(21-29(35)36-9-3)30-33-18-19-34(30)6;1-5-17(6-2)10-9-16(3,4)14-8-7-13(12-18)11-15(14)17;1-6-17(7-2)11-10-16(4,5)14-9-8-13(3)12-15(14)17;1-3-20-14(19)10-13(15-16-8-9-17(15)2)11-4-6-12(18)7-5-11;1-2-3/h10-15,18-20,26H,7-9,16-17,21-22H2,1-6H3;7-8,11H,5-6,9-10,12H2,1-4H3;8-9,12H,6-7,10-11H2,1-5H3;4-9,13,18H,3,10H2,1-2H3;3H/t26-;;;13-;/m0..0./s1. The van der Waals surface area contributed by atoms with E-state index in [1.165, 1.54) is 105 Å². The van der Waals surface area contributed by atoms with E-state index in [4.69, 9.17) is 14.2 Å². The summed E-state index contributed by atoms with van der Waals surface area (Å²) < 4.78 is 23.0. The molecule has 0 aliphatic heterocycles. The number of alkyl halides is 1. The van der Waals surface area contributed by atoms with Gasteiger partial charge in [-0.3, -0.25) is 9.59 Å². The number of ether oxygens (including phenoxy) is 3. The second kappa shape index (κ2) is 34.8. The molecule has 3 aliphatic carbocycles. The number of aryl methyl sites for hydroxylation is 3. The van der Waals surface area contributed by atoms with E-state index in [0.29, 0.717) is 41.5 Å². The van der Waals surface area contributed by atoms with E-state index in [9.17, 15) is 14.7 Å². The number of imidazole rings is 2. The van der Waals surface area contributed by atoms with Gasteiger partial charge in [-0.1, -0.05) is 183 Å². The Bertz CT molecular complexity index is 3580. The second-order valence-corrected chi connectivity index (χ2v) is 29.3. The number of phenolic OH excluding ortho intramolecular Hbond substituents is 1. The van der Waals surface area contributed by atoms with Crippen LogP contribution in [0, 0.1) is 6.92 Å². The van der Waals surface area contributed by atoms with Gasteiger partial charge in [-0.25, -0.2) is 9.97 Å². The van der Waals surface area contributed by atoms with Crippen molar-refractivity contribution < 1.29 is 28.9 Å². The van der Waals surface area contributed by atoms with E-state index < -0.39 is 0 Å². The Balaban J connectivity index is 0.000000210. The number of hydrogen-bond acceptors (Lipinski definition) is 10. The first kappa shape index (κ1) is 77.8. The van der Waals surface area contributed by atoms with Gasteiger partial charge in [-0.2, -0.15) is 0 Å². The number of aromatic nitrogens is 4. The summed E-state index contributed by atoms with van der Waals surface area (Å²) in [5.41, 5.74) is 17.5. The molecule has 0 amide bonds. The number of carbonyl (C=O) groups is 2. The molecule has 0 bridgehead atoms. The molecule has 95 heavy (non-hydrogen) atoms. The molecule has 1 radical (unpaired) electrons. The molecule has 1 N–H and O–H groups in total. The first-order chi connectivity index (χ1) is 45.2. The topological polar surface area (TPSA) is 130 Å². The van der Waals surface area contributed by atoms with Crippen LogP contribution in [0.2, 0.25) is 0 Å². The first-order valence-corrected chi connectivity index (χ1v) is 36.5. The number of esters is 2. The molecule has 11 nitrogen and oxygen atoms in total. The summed E-state index contributed by atoms with van der Waals surface area (Å²) in [6, 6.07) is 36.0. The normalized spacial score (nSPS) is 16.8. The SMILES string of the molecule is CCC1(CC)CCC(C)(C)c2ccc(C)cc21.CCC1(CC)CCC(C)(C)c2ccc(CBr)cc21.CCOC(=O)C[C@@H](c1ccc(O)cc1)c1nccn1C.CCOC(=O)C[C@@H](c1ccc(OCc2ccc3c(c2)C(CC)(CC)CCC3(C)C)cc1)c1nccn1C.[B]=NS. The fourth-order valence-corrected chi connectivity index (χ4v) is 15.5. The van der Waals surface area contributed by atoms with Crippen molar-refractivity contribution in [2.45, 2.75) is 250 Å². The van der Waals surface area contributed by atoms with Crippen LogP contribution in [-0.4, -0.2) is 57.0 Å². The fourth-order valence-electron chi connectivity index (χ4n) is 15.1. The van der Waals surface area contributed by atoms with Crippen molar-refractivity contribution in [2.24, 2.45) is 18.4 Å². The number of phenols is 1. The third-order valence-electron chi connectivity index (χ3n) is 21.8. The summed E-state index contributed by atoms with van der Waals surface area (Å²) in [5, 5.41) is 10.3. The van der Waals surface area contributed by atoms with E-state index in [1.807, 2.05) is 66.8 Å². The summed E-state index contributed by atoms with van der Waals surface area (Å²) in [7, 11) is 8.17. The zero-order valence-corrected chi connectivity index (χ0v) is 63.1. The number of fused-ring (bicyclic) bond motifs is 3. The summed E-state index contributed by atoms with van der Waals surface area (Å²) in [4.78, 5) is 32.9. The fraction of sp³-hybridized carbons (Fsp3) is 0.531. The van der Waals surface area contributed by atoms with Gasteiger partial charge in [0.05, 0.1) is 37.9 Å². The van der Waals surface area contributed by atoms with Gasteiger partial charge >= 0.3 is 36.7 Å². The summed E-state index contributed by atoms with van der Waals surface area (Å²) in [6.07, 6.45) is 22.9. The Hall–Kier alpha value is -6.25. The minimum atomic E-state index is -0.256. The van der Waals surface area contributed by atoms with Gasteiger partial charge in [0, 0.05) is 44.2 Å². The van der Waals surface area contributed by atoms with E-state index >= 15 is 0 Å². The van der Waals surface area contributed by atoms with Crippen molar-refractivity contribution >= 4 is 48.3 Å². The van der Waals surface area contributed by atoms with Crippen LogP contribution in [-0.2, 0) is 77.6 Å². The van der Waals surface area contributed by atoms with E-state index in [-0.39, 0.29) is 53.2 Å². The predicted octanol–water partition coefficient (Wildman–Crippen LogP) is 20.4. The average Bonchev–Trinajstić information content (AvgIpc) is 1.28. The number of carbonyl (C=O) groups excluding carboxylic acids is 2. The Morgan fingerprint density at radius 1 is 0.547 bits per heavy atom. The van der Waals surface area contributed by atoms with Crippen molar-refractivity contribution in [3.05, 3.63) is 201 Å². The van der Waals surface area contributed by atoms with Crippen molar-refractivity contribution in [3.8, 4) is 11.5 Å². The van der Waals surface area contributed by atoms with Gasteiger partial charge in [-0.15, -0.1) is 0 Å².